The third kappa shape index (κ3) is 3.67. The number of nitrogens with one attached hydrogen (secondary N) is 1. The monoisotopic (exact) mass is 276 g/mol. The lowest BCUT2D eigenvalue weighted by atomic mass is 9.98. The van der Waals surface area contributed by atoms with Gasteiger partial charge in [-0.15, -0.1) is 0 Å². The van der Waals surface area contributed by atoms with E-state index in [0.717, 1.165) is 37.5 Å². The zero-order chi connectivity index (χ0) is 14.0. The maximum Gasteiger partial charge on any atom is 0.416 e. The zero-order valence-corrected chi connectivity index (χ0v) is 10.3. The Morgan fingerprint density at radius 2 is 2.00 bits per heavy atom. The van der Waals surface area contributed by atoms with E-state index in [9.17, 15) is 17.6 Å². The van der Waals surface area contributed by atoms with Gasteiger partial charge in [-0.3, -0.25) is 11.3 Å². The second kappa shape index (κ2) is 5.46. The number of rotatable bonds is 5. The molecule has 3 N–H and O–H groups in total. The van der Waals surface area contributed by atoms with Gasteiger partial charge in [-0.1, -0.05) is 12.8 Å². The van der Waals surface area contributed by atoms with Gasteiger partial charge in [0.2, 0.25) is 0 Å². The minimum atomic E-state index is -4.47. The van der Waals surface area contributed by atoms with E-state index in [1.807, 2.05) is 0 Å². The molecule has 0 heterocycles. The van der Waals surface area contributed by atoms with Crippen LogP contribution in [0.5, 0.6) is 0 Å². The fourth-order valence-corrected chi connectivity index (χ4v) is 2.12. The SMILES string of the molecule is NNC(CCC1CC1)c1cc(C(F)(F)F)ccc1F. The van der Waals surface area contributed by atoms with Crippen LogP contribution in [0.4, 0.5) is 17.6 Å². The van der Waals surface area contributed by atoms with Crippen molar-refractivity contribution in [2.24, 2.45) is 11.8 Å². The number of halogens is 4. The summed E-state index contributed by atoms with van der Waals surface area (Å²) in [7, 11) is 0. The van der Waals surface area contributed by atoms with Crippen LogP contribution in [0.15, 0.2) is 18.2 Å². The minimum absolute atomic E-state index is 0.0158. The highest BCUT2D eigenvalue weighted by molar-refractivity contribution is 5.29. The summed E-state index contributed by atoms with van der Waals surface area (Å²) in [5.74, 6) is 5.30. The number of alkyl halides is 3. The molecule has 0 amide bonds. The van der Waals surface area contributed by atoms with E-state index in [1.165, 1.54) is 0 Å². The molecule has 0 spiro atoms. The Morgan fingerprint density at radius 3 is 2.53 bits per heavy atom. The summed E-state index contributed by atoms with van der Waals surface area (Å²) in [6.07, 6.45) is -0.799. The number of hydrogen-bond acceptors (Lipinski definition) is 2. The summed E-state index contributed by atoms with van der Waals surface area (Å²) in [4.78, 5) is 0. The molecule has 1 aromatic carbocycles. The fraction of sp³-hybridized carbons (Fsp3) is 0.538. The maximum absolute atomic E-state index is 13.7. The molecule has 0 bridgehead atoms. The molecule has 1 saturated carbocycles. The Bertz CT molecular complexity index is 441. The molecule has 19 heavy (non-hydrogen) atoms. The van der Waals surface area contributed by atoms with E-state index < -0.39 is 23.6 Å². The van der Waals surface area contributed by atoms with Gasteiger partial charge in [0.1, 0.15) is 5.82 Å². The molecule has 1 fully saturated rings. The van der Waals surface area contributed by atoms with Crippen LogP contribution >= 0.6 is 0 Å². The Hall–Kier alpha value is -1.14. The van der Waals surface area contributed by atoms with E-state index in [4.69, 9.17) is 5.84 Å². The summed E-state index contributed by atoms with van der Waals surface area (Å²) in [5, 5.41) is 0. The van der Waals surface area contributed by atoms with Gasteiger partial charge in [-0.2, -0.15) is 13.2 Å². The molecule has 0 radical (unpaired) electrons. The van der Waals surface area contributed by atoms with Crippen LogP contribution < -0.4 is 11.3 Å². The molecule has 2 rings (SSSR count). The van der Waals surface area contributed by atoms with Crippen molar-refractivity contribution >= 4 is 0 Å². The summed E-state index contributed by atoms with van der Waals surface area (Å²) in [6, 6.07) is 1.85. The summed E-state index contributed by atoms with van der Waals surface area (Å²) < 4.78 is 51.5. The second-order valence-electron chi connectivity index (χ2n) is 4.97. The van der Waals surface area contributed by atoms with Crippen molar-refractivity contribution < 1.29 is 17.6 Å². The van der Waals surface area contributed by atoms with Crippen LogP contribution in [0.2, 0.25) is 0 Å². The zero-order valence-electron chi connectivity index (χ0n) is 10.3. The number of hydrazine groups is 1. The molecule has 1 aromatic rings. The Labute approximate surface area is 109 Å². The van der Waals surface area contributed by atoms with E-state index >= 15 is 0 Å². The van der Waals surface area contributed by atoms with Gasteiger partial charge in [0, 0.05) is 11.6 Å². The van der Waals surface area contributed by atoms with Gasteiger partial charge in [0.15, 0.2) is 0 Å². The summed E-state index contributed by atoms with van der Waals surface area (Å²) in [6.45, 7) is 0. The molecule has 6 heteroatoms. The van der Waals surface area contributed by atoms with Crippen molar-refractivity contribution in [1.29, 1.82) is 0 Å². The third-order valence-corrected chi connectivity index (χ3v) is 3.46. The Balaban J connectivity index is 2.19. The molecule has 0 saturated heterocycles. The standard InChI is InChI=1S/C13H16F4N2/c14-11-5-4-9(13(15,16)17)7-10(11)12(19-18)6-3-8-1-2-8/h4-5,7-8,12,19H,1-3,6,18H2. The first-order valence-corrected chi connectivity index (χ1v) is 6.24. The lowest BCUT2D eigenvalue weighted by Crippen LogP contribution is -2.29. The molecule has 0 aromatic heterocycles. The first-order valence-electron chi connectivity index (χ1n) is 6.24. The first kappa shape index (κ1) is 14.3. The van der Waals surface area contributed by atoms with Gasteiger partial charge in [-0.05, 0) is 37.0 Å². The predicted molar refractivity (Wildman–Crippen MR) is 63.4 cm³/mol. The van der Waals surface area contributed by atoms with Crippen LogP contribution in [0.25, 0.3) is 0 Å². The quantitative estimate of drug-likeness (QED) is 0.490. The molecule has 1 aliphatic carbocycles. The van der Waals surface area contributed by atoms with Gasteiger partial charge >= 0.3 is 6.18 Å². The van der Waals surface area contributed by atoms with Crippen LogP contribution in [0, 0.1) is 11.7 Å². The Kier molecular flexibility index (Phi) is 4.10. The van der Waals surface area contributed by atoms with Crippen LogP contribution in [0.3, 0.4) is 0 Å². The number of nitrogens with two attached hydrogens (primary N) is 1. The largest absolute Gasteiger partial charge is 0.416 e. The van der Waals surface area contributed by atoms with Crippen LogP contribution in [-0.2, 0) is 6.18 Å². The van der Waals surface area contributed by atoms with Crippen LogP contribution in [0.1, 0.15) is 42.9 Å². The van der Waals surface area contributed by atoms with E-state index in [1.54, 1.807) is 0 Å². The van der Waals surface area contributed by atoms with Crippen molar-refractivity contribution in [1.82, 2.24) is 5.43 Å². The normalized spacial score (nSPS) is 17.5. The Morgan fingerprint density at radius 1 is 1.32 bits per heavy atom. The molecular formula is C13H16F4N2. The van der Waals surface area contributed by atoms with Crippen molar-refractivity contribution in [2.45, 2.75) is 37.9 Å². The van der Waals surface area contributed by atoms with Crippen molar-refractivity contribution in [2.75, 3.05) is 0 Å². The molecule has 0 aliphatic heterocycles. The van der Waals surface area contributed by atoms with Gasteiger partial charge in [0.05, 0.1) is 5.56 Å². The second-order valence-corrected chi connectivity index (χ2v) is 4.97. The summed E-state index contributed by atoms with van der Waals surface area (Å²) in [5.41, 5.74) is 1.55. The van der Waals surface area contributed by atoms with Crippen molar-refractivity contribution in [3.8, 4) is 0 Å². The van der Waals surface area contributed by atoms with E-state index in [2.05, 4.69) is 5.43 Å². The topological polar surface area (TPSA) is 38.0 Å². The highest BCUT2D eigenvalue weighted by atomic mass is 19.4. The average molecular weight is 276 g/mol. The summed E-state index contributed by atoms with van der Waals surface area (Å²) >= 11 is 0. The van der Waals surface area contributed by atoms with Gasteiger partial charge < -0.3 is 0 Å². The lowest BCUT2D eigenvalue weighted by molar-refractivity contribution is -0.137. The highest BCUT2D eigenvalue weighted by Gasteiger charge is 2.32. The van der Waals surface area contributed by atoms with Gasteiger partial charge in [0.25, 0.3) is 0 Å². The van der Waals surface area contributed by atoms with Crippen molar-refractivity contribution in [3.63, 3.8) is 0 Å². The third-order valence-electron chi connectivity index (χ3n) is 3.46. The number of benzene rings is 1. The maximum atomic E-state index is 13.7. The average Bonchev–Trinajstić information content (AvgIpc) is 3.14. The number of hydrogen-bond donors (Lipinski definition) is 2. The fourth-order valence-electron chi connectivity index (χ4n) is 2.12. The van der Waals surface area contributed by atoms with Gasteiger partial charge in [-0.25, -0.2) is 4.39 Å². The minimum Gasteiger partial charge on any atom is -0.271 e. The highest BCUT2D eigenvalue weighted by Crippen LogP contribution is 2.37. The molecule has 106 valence electrons. The van der Waals surface area contributed by atoms with E-state index in [0.29, 0.717) is 12.3 Å². The molecule has 1 atom stereocenters. The molecule has 1 aliphatic rings. The lowest BCUT2D eigenvalue weighted by Gasteiger charge is -2.18. The van der Waals surface area contributed by atoms with Crippen LogP contribution in [-0.4, -0.2) is 0 Å². The molecular weight excluding hydrogens is 260 g/mol. The molecule has 2 nitrogen and oxygen atoms in total. The predicted octanol–water partition coefficient (Wildman–Crippen LogP) is 3.54. The molecule has 1 unspecified atom stereocenters. The van der Waals surface area contributed by atoms with Crippen molar-refractivity contribution in [3.05, 3.63) is 35.1 Å². The van der Waals surface area contributed by atoms with E-state index in [-0.39, 0.29) is 5.56 Å². The first-order chi connectivity index (χ1) is 8.91. The smallest absolute Gasteiger partial charge is 0.271 e.